The van der Waals surface area contributed by atoms with E-state index in [1.54, 1.807) is 0 Å². The number of imidazole rings is 1. The van der Waals surface area contributed by atoms with Crippen molar-refractivity contribution in [1.82, 2.24) is 14.5 Å². The molecule has 2 heterocycles. The topological polar surface area (TPSA) is 56.3 Å². The quantitative estimate of drug-likeness (QED) is 0.665. The Morgan fingerprint density at radius 1 is 1.30 bits per heavy atom. The fourth-order valence-electron chi connectivity index (χ4n) is 2.50. The molecule has 0 atom stereocenters. The van der Waals surface area contributed by atoms with E-state index in [9.17, 15) is 0 Å². The summed E-state index contributed by atoms with van der Waals surface area (Å²) in [5, 5.41) is 0. The van der Waals surface area contributed by atoms with Gasteiger partial charge < -0.3 is 15.0 Å². The third-order valence-electron chi connectivity index (χ3n) is 3.57. The number of hydrogen-bond acceptors (Lipinski definition) is 4. The van der Waals surface area contributed by atoms with Crippen molar-refractivity contribution in [2.75, 3.05) is 25.4 Å². The molecule has 1 aromatic carbocycles. The zero-order chi connectivity index (χ0) is 13.8. The maximum absolute atomic E-state index is 5.72. The van der Waals surface area contributed by atoms with Gasteiger partial charge >= 0.3 is 0 Å². The fraction of sp³-hybridized carbons (Fsp3) is 0.400. The standard InChI is InChI=1S/C15H20N4O/c16-13-3-1-4-14(11-13)20-10-2-6-18-8-9-19-7-5-17-15(19)12-18/h1,3-5,7,11H,2,6,8-10,12,16H2. The first-order chi connectivity index (χ1) is 9.81. The molecule has 0 saturated carbocycles. The van der Waals surface area contributed by atoms with Crippen LogP contribution >= 0.6 is 0 Å². The van der Waals surface area contributed by atoms with Gasteiger partial charge in [0.2, 0.25) is 0 Å². The summed E-state index contributed by atoms with van der Waals surface area (Å²) in [5.74, 6) is 2.01. The van der Waals surface area contributed by atoms with Crippen molar-refractivity contribution < 1.29 is 4.74 Å². The van der Waals surface area contributed by atoms with E-state index in [1.807, 2.05) is 30.5 Å². The van der Waals surface area contributed by atoms with Crippen LogP contribution < -0.4 is 10.5 Å². The van der Waals surface area contributed by atoms with Crippen molar-refractivity contribution in [3.63, 3.8) is 0 Å². The summed E-state index contributed by atoms with van der Waals surface area (Å²) >= 11 is 0. The fourth-order valence-corrected chi connectivity index (χ4v) is 2.50. The molecule has 1 aliphatic rings. The number of nitrogens with zero attached hydrogens (tertiary/aromatic N) is 3. The van der Waals surface area contributed by atoms with Gasteiger partial charge in [0.1, 0.15) is 11.6 Å². The minimum atomic E-state index is 0.717. The number of hydrogen-bond donors (Lipinski definition) is 1. The predicted octanol–water partition coefficient (Wildman–Crippen LogP) is 1.75. The predicted molar refractivity (Wildman–Crippen MR) is 78.5 cm³/mol. The molecule has 0 aliphatic carbocycles. The van der Waals surface area contributed by atoms with Gasteiger partial charge in [0.15, 0.2) is 0 Å². The highest BCUT2D eigenvalue weighted by molar-refractivity contribution is 5.43. The van der Waals surface area contributed by atoms with Gasteiger partial charge in [-0.15, -0.1) is 0 Å². The highest BCUT2D eigenvalue weighted by Crippen LogP contribution is 2.15. The molecule has 0 saturated heterocycles. The van der Waals surface area contributed by atoms with E-state index in [4.69, 9.17) is 10.5 Å². The zero-order valence-corrected chi connectivity index (χ0v) is 11.5. The molecule has 0 unspecified atom stereocenters. The van der Waals surface area contributed by atoms with Gasteiger partial charge in [-0.1, -0.05) is 6.07 Å². The summed E-state index contributed by atoms with van der Waals surface area (Å²) in [6.45, 7) is 4.81. The SMILES string of the molecule is Nc1cccc(OCCCN2CCn3ccnc3C2)c1. The molecule has 1 aromatic heterocycles. The lowest BCUT2D eigenvalue weighted by Crippen LogP contribution is -2.34. The van der Waals surface area contributed by atoms with Crippen molar-refractivity contribution in [1.29, 1.82) is 0 Å². The first kappa shape index (κ1) is 13.0. The monoisotopic (exact) mass is 272 g/mol. The van der Waals surface area contributed by atoms with Gasteiger partial charge in [-0.3, -0.25) is 4.90 Å². The van der Waals surface area contributed by atoms with Gasteiger partial charge in [0, 0.05) is 43.8 Å². The molecule has 106 valence electrons. The third-order valence-corrected chi connectivity index (χ3v) is 3.57. The Morgan fingerprint density at radius 2 is 2.25 bits per heavy atom. The van der Waals surface area contributed by atoms with Crippen LogP contribution in [0.1, 0.15) is 12.2 Å². The number of fused-ring (bicyclic) bond motifs is 1. The average Bonchev–Trinajstić information content (AvgIpc) is 2.91. The van der Waals surface area contributed by atoms with Crippen molar-refractivity contribution >= 4 is 5.69 Å². The average molecular weight is 272 g/mol. The van der Waals surface area contributed by atoms with Crippen LogP contribution in [0.15, 0.2) is 36.7 Å². The second-order valence-corrected chi connectivity index (χ2v) is 5.09. The van der Waals surface area contributed by atoms with Crippen LogP contribution in [0.25, 0.3) is 0 Å². The molecular weight excluding hydrogens is 252 g/mol. The number of ether oxygens (including phenoxy) is 1. The van der Waals surface area contributed by atoms with Gasteiger partial charge in [-0.25, -0.2) is 4.98 Å². The highest BCUT2D eigenvalue weighted by atomic mass is 16.5. The molecule has 5 nitrogen and oxygen atoms in total. The van der Waals surface area contributed by atoms with Gasteiger partial charge in [0.05, 0.1) is 13.2 Å². The van der Waals surface area contributed by atoms with E-state index < -0.39 is 0 Å². The van der Waals surface area contributed by atoms with Crippen LogP contribution in [0.5, 0.6) is 5.75 Å². The first-order valence-electron chi connectivity index (χ1n) is 7.02. The van der Waals surface area contributed by atoms with E-state index in [-0.39, 0.29) is 0 Å². The van der Waals surface area contributed by atoms with Crippen LogP contribution in [0.3, 0.4) is 0 Å². The molecule has 20 heavy (non-hydrogen) atoms. The molecule has 2 N–H and O–H groups in total. The molecule has 0 fully saturated rings. The van der Waals surface area contributed by atoms with Gasteiger partial charge in [-0.05, 0) is 18.6 Å². The van der Waals surface area contributed by atoms with E-state index in [2.05, 4.69) is 20.6 Å². The molecule has 0 spiro atoms. The number of anilines is 1. The Morgan fingerprint density at radius 3 is 3.15 bits per heavy atom. The number of nitrogen functional groups attached to an aromatic ring is 1. The maximum Gasteiger partial charge on any atom is 0.122 e. The first-order valence-corrected chi connectivity index (χ1v) is 7.02. The van der Waals surface area contributed by atoms with Crippen molar-refractivity contribution in [3.8, 4) is 5.75 Å². The zero-order valence-electron chi connectivity index (χ0n) is 11.5. The van der Waals surface area contributed by atoms with Crippen molar-refractivity contribution in [2.45, 2.75) is 19.5 Å². The second kappa shape index (κ2) is 5.96. The molecule has 0 radical (unpaired) electrons. The minimum absolute atomic E-state index is 0.717. The Hall–Kier alpha value is -2.01. The molecule has 5 heteroatoms. The molecule has 1 aliphatic heterocycles. The number of nitrogens with two attached hydrogens (primary N) is 1. The van der Waals surface area contributed by atoms with Crippen LogP contribution in [0.2, 0.25) is 0 Å². The second-order valence-electron chi connectivity index (χ2n) is 5.09. The van der Waals surface area contributed by atoms with E-state index in [1.165, 1.54) is 0 Å². The largest absolute Gasteiger partial charge is 0.493 e. The lowest BCUT2D eigenvalue weighted by atomic mass is 10.3. The summed E-state index contributed by atoms with van der Waals surface area (Å²) in [4.78, 5) is 6.79. The minimum Gasteiger partial charge on any atom is -0.493 e. The summed E-state index contributed by atoms with van der Waals surface area (Å²) < 4.78 is 7.93. The summed E-state index contributed by atoms with van der Waals surface area (Å²) in [6, 6.07) is 7.57. The molecule has 0 amide bonds. The lowest BCUT2D eigenvalue weighted by molar-refractivity contribution is 0.195. The summed E-state index contributed by atoms with van der Waals surface area (Å²) in [5.41, 5.74) is 6.46. The van der Waals surface area contributed by atoms with Gasteiger partial charge in [0.25, 0.3) is 0 Å². The highest BCUT2D eigenvalue weighted by Gasteiger charge is 2.15. The molecular formula is C15H20N4O. The normalized spacial score (nSPS) is 15.0. The molecule has 2 aromatic rings. The Kier molecular flexibility index (Phi) is 3.87. The van der Waals surface area contributed by atoms with E-state index in [0.29, 0.717) is 6.61 Å². The summed E-state index contributed by atoms with van der Waals surface area (Å²) in [6.07, 6.45) is 4.94. The van der Waals surface area contributed by atoms with Crippen LogP contribution in [0.4, 0.5) is 5.69 Å². The van der Waals surface area contributed by atoms with E-state index in [0.717, 1.165) is 49.9 Å². The Labute approximate surface area is 119 Å². The van der Waals surface area contributed by atoms with E-state index >= 15 is 0 Å². The number of rotatable bonds is 5. The number of benzene rings is 1. The van der Waals surface area contributed by atoms with Crippen LogP contribution in [-0.2, 0) is 13.1 Å². The summed E-state index contributed by atoms with van der Waals surface area (Å²) in [7, 11) is 0. The Balaban J connectivity index is 1.41. The van der Waals surface area contributed by atoms with Crippen molar-refractivity contribution in [3.05, 3.63) is 42.5 Å². The maximum atomic E-state index is 5.72. The lowest BCUT2D eigenvalue weighted by Gasteiger charge is -2.27. The smallest absolute Gasteiger partial charge is 0.122 e. The molecule has 3 rings (SSSR count). The molecule has 0 bridgehead atoms. The Bertz CT molecular complexity index is 567. The van der Waals surface area contributed by atoms with Crippen LogP contribution in [0, 0.1) is 0 Å². The number of aromatic nitrogens is 2. The van der Waals surface area contributed by atoms with Gasteiger partial charge in [-0.2, -0.15) is 0 Å². The van der Waals surface area contributed by atoms with Crippen molar-refractivity contribution in [2.24, 2.45) is 0 Å². The van der Waals surface area contributed by atoms with Crippen LogP contribution in [-0.4, -0.2) is 34.1 Å². The third kappa shape index (κ3) is 3.11.